The Labute approximate surface area is 198 Å². The Balaban J connectivity index is 1.52. The van der Waals surface area contributed by atoms with Crippen LogP contribution in [0.4, 0.5) is 5.69 Å². The van der Waals surface area contributed by atoms with E-state index in [1.807, 2.05) is 12.1 Å². The van der Waals surface area contributed by atoms with Crippen LogP contribution in [0.2, 0.25) is 0 Å². The minimum atomic E-state index is 0.365. The van der Waals surface area contributed by atoms with Crippen LogP contribution in [0.5, 0.6) is 11.5 Å². The summed E-state index contributed by atoms with van der Waals surface area (Å²) in [5.41, 5.74) is 7.92. The molecular weight excluding hydrogens is 408 g/mol. The van der Waals surface area contributed by atoms with E-state index >= 15 is 0 Å². The van der Waals surface area contributed by atoms with Crippen molar-refractivity contribution in [2.45, 2.75) is 45.1 Å². The van der Waals surface area contributed by atoms with E-state index in [9.17, 15) is 5.11 Å². The molecule has 1 aliphatic rings. The maximum absolute atomic E-state index is 9.83. The fourth-order valence-corrected chi connectivity index (χ4v) is 4.91. The molecule has 4 heteroatoms. The minimum absolute atomic E-state index is 0.365. The largest absolute Gasteiger partial charge is 0.508 e. The van der Waals surface area contributed by atoms with Crippen molar-refractivity contribution in [3.8, 4) is 11.5 Å². The summed E-state index contributed by atoms with van der Waals surface area (Å²) >= 11 is 0. The molecular formula is C29H36N2O2. The molecule has 0 fully saturated rings. The Morgan fingerprint density at radius 1 is 1.00 bits per heavy atom. The van der Waals surface area contributed by atoms with Gasteiger partial charge in [0, 0.05) is 25.3 Å². The van der Waals surface area contributed by atoms with E-state index in [0.717, 1.165) is 51.1 Å². The van der Waals surface area contributed by atoms with Crippen molar-refractivity contribution >= 4 is 5.69 Å². The maximum atomic E-state index is 9.83. The molecule has 3 aromatic rings. The second-order valence-corrected chi connectivity index (χ2v) is 9.09. The predicted octanol–water partition coefficient (Wildman–Crippen LogP) is 5.46. The molecule has 33 heavy (non-hydrogen) atoms. The summed E-state index contributed by atoms with van der Waals surface area (Å²) in [5, 5.41) is 13.2. The Bertz CT molecular complexity index is 1060. The van der Waals surface area contributed by atoms with Gasteiger partial charge in [-0.15, -0.1) is 0 Å². The maximum Gasteiger partial charge on any atom is 0.120 e. The van der Waals surface area contributed by atoms with E-state index < -0.39 is 0 Å². The van der Waals surface area contributed by atoms with E-state index in [2.05, 4.69) is 72.7 Å². The van der Waals surface area contributed by atoms with Gasteiger partial charge in [0.1, 0.15) is 11.5 Å². The van der Waals surface area contributed by atoms with Crippen LogP contribution in [0.25, 0.3) is 0 Å². The molecule has 0 bridgehead atoms. The molecule has 0 saturated heterocycles. The number of aromatic hydroxyl groups is 1. The van der Waals surface area contributed by atoms with Crippen molar-refractivity contribution in [1.29, 1.82) is 0 Å². The molecule has 0 heterocycles. The lowest BCUT2D eigenvalue weighted by atomic mass is 9.79. The number of nitrogens with one attached hydrogen (secondary N) is 1. The van der Waals surface area contributed by atoms with Gasteiger partial charge >= 0.3 is 0 Å². The average molecular weight is 445 g/mol. The zero-order valence-electron chi connectivity index (χ0n) is 20.1. The number of nitrogens with zero attached hydrogens (tertiary/aromatic N) is 1. The van der Waals surface area contributed by atoms with Gasteiger partial charge in [-0.25, -0.2) is 0 Å². The first-order valence-corrected chi connectivity index (χ1v) is 12.1. The number of benzene rings is 3. The number of phenolic OH excluding ortho intramolecular Hbond substituents is 1. The third-order valence-corrected chi connectivity index (χ3v) is 6.79. The smallest absolute Gasteiger partial charge is 0.120 e. The number of likely N-dealkylation sites (N-methyl/N-ethyl adjacent to an activating group) is 1. The van der Waals surface area contributed by atoms with E-state index in [-0.39, 0.29) is 0 Å². The lowest BCUT2D eigenvalue weighted by Crippen LogP contribution is -2.21. The van der Waals surface area contributed by atoms with Crippen molar-refractivity contribution in [2.24, 2.45) is 0 Å². The van der Waals surface area contributed by atoms with Crippen molar-refractivity contribution in [3.63, 3.8) is 0 Å². The standard InChI is InChI=1S/C29H36N2O2/c1-4-30-16-15-21-5-7-22(8-6-21)20-31(2)29-19-27(33-3)13-14-28(29)25-10-9-24-18-26(32)12-11-23(24)17-25/h5-8,11-14,18-19,25,30,32H,4,9-10,15-17,20H2,1-3H3/t25-/m1/s1. The zero-order valence-corrected chi connectivity index (χ0v) is 20.1. The highest BCUT2D eigenvalue weighted by Gasteiger charge is 2.24. The third kappa shape index (κ3) is 5.69. The van der Waals surface area contributed by atoms with E-state index in [1.54, 1.807) is 7.11 Å². The van der Waals surface area contributed by atoms with Crippen LogP contribution in [-0.2, 0) is 25.8 Å². The van der Waals surface area contributed by atoms with Gasteiger partial charge in [0.2, 0.25) is 0 Å². The van der Waals surface area contributed by atoms with Crippen molar-refractivity contribution in [2.75, 3.05) is 32.1 Å². The summed E-state index contributed by atoms with van der Waals surface area (Å²) in [6, 6.07) is 21.3. The highest BCUT2D eigenvalue weighted by Crippen LogP contribution is 2.39. The molecule has 4 rings (SSSR count). The van der Waals surface area contributed by atoms with Gasteiger partial charge in [0.15, 0.2) is 0 Å². The molecule has 3 aromatic carbocycles. The van der Waals surface area contributed by atoms with Gasteiger partial charge in [-0.05, 0) is 90.7 Å². The number of fused-ring (bicyclic) bond motifs is 1. The van der Waals surface area contributed by atoms with E-state index in [1.165, 1.54) is 33.5 Å². The van der Waals surface area contributed by atoms with Crippen molar-refractivity contribution in [1.82, 2.24) is 5.32 Å². The van der Waals surface area contributed by atoms with Crippen molar-refractivity contribution < 1.29 is 9.84 Å². The molecule has 1 atom stereocenters. The Hall–Kier alpha value is -2.98. The molecule has 0 aliphatic heterocycles. The molecule has 0 aromatic heterocycles. The molecule has 0 radical (unpaired) electrons. The van der Waals surface area contributed by atoms with Crippen LogP contribution < -0.4 is 15.0 Å². The molecule has 0 saturated carbocycles. The fourth-order valence-electron chi connectivity index (χ4n) is 4.91. The molecule has 174 valence electrons. The minimum Gasteiger partial charge on any atom is -0.508 e. The van der Waals surface area contributed by atoms with Gasteiger partial charge in [0.05, 0.1) is 7.11 Å². The van der Waals surface area contributed by atoms with Gasteiger partial charge in [-0.3, -0.25) is 0 Å². The summed E-state index contributed by atoms with van der Waals surface area (Å²) in [6.45, 7) is 5.03. The zero-order chi connectivity index (χ0) is 23.2. The summed E-state index contributed by atoms with van der Waals surface area (Å²) in [4.78, 5) is 2.35. The highest BCUT2D eigenvalue weighted by atomic mass is 16.5. The number of rotatable bonds is 9. The fraction of sp³-hybridized carbons (Fsp3) is 0.379. The summed E-state index contributed by atoms with van der Waals surface area (Å²) in [6.07, 6.45) is 4.15. The Morgan fingerprint density at radius 3 is 2.55 bits per heavy atom. The predicted molar refractivity (Wildman–Crippen MR) is 137 cm³/mol. The quantitative estimate of drug-likeness (QED) is 0.430. The first-order valence-electron chi connectivity index (χ1n) is 12.1. The van der Waals surface area contributed by atoms with Crippen molar-refractivity contribution in [3.05, 3.63) is 88.5 Å². The number of ether oxygens (including phenoxy) is 1. The molecule has 1 aliphatic carbocycles. The Morgan fingerprint density at radius 2 is 1.79 bits per heavy atom. The van der Waals surface area contributed by atoms with Gasteiger partial charge in [0.25, 0.3) is 0 Å². The van der Waals surface area contributed by atoms with Crippen LogP contribution in [-0.4, -0.2) is 32.4 Å². The molecule has 0 unspecified atom stereocenters. The number of anilines is 1. The van der Waals surface area contributed by atoms with Gasteiger partial charge in [-0.2, -0.15) is 0 Å². The normalized spacial score (nSPS) is 15.2. The first kappa shape index (κ1) is 23.2. The SMILES string of the molecule is CCNCCc1ccc(CN(C)c2cc(OC)ccc2[C@@H]2CCc3cc(O)ccc3C2)cc1. The first-order chi connectivity index (χ1) is 16.1. The van der Waals surface area contributed by atoms with E-state index in [4.69, 9.17) is 4.74 Å². The number of hydrogen-bond acceptors (Lipinski definition) is 4. The van der Waals surface area contributed by atoms with Crippen LogP contribution in [0.3, 0.4) is 0 Å². The lowest BCUT2D eigenvalue weighted by Gasteiger charge is -2.30. The highest BCUT2D eigenvalue weighted by molar-refractivity contribution is 5.59. The molecule has 4 nitrogen and oxygen atoms in total. The van der Waals surface area contributed by atoms with E-state index in [0.29, 0.717) is 11.7 Å². The van der Waals surface area contributed by atoms with Crippen LogP contribution in [0.15, 0.2) is 60.7 Å². The summed E-state index contributed by atoms with van der Waals surface area (Å²) in [5.74, 6) is 1.71. The number of aryl methyl sites for hydroxylation is 1. The second kappa shape index (κ2) is 10.8. The van der Waals surface area contributed by atoms with Crippen LogP contribution >= 0.6 is 0 Å². The molecule has 0 spiro atoms. The topological polar surface area (TPSA) is 44.7 Å². The monoisotopic (exact) mass is 444 g/mol. The Kier molecular flexibility index (Phi) is 7.56. The van der Waals surface area contributed by atoms with Gasteiger partial charge < -0.3 is 20.1 Å². The number of methoxy groups -OCH3 is 1. The average Bonchev–Trinajstić information content (AvgIpc) is 2.84. The summed E-state index contributed by atoms with van der Waals surface area (Å²) < 4.78 is 5.57. The van der Waals surface area contributed by atoms with Crippen LogP contribution in [0, 0.1) is 0 Å². The number of phenols is 1. The lowest BCUT2D eigenvalue weighted by molar-refractivity contribution is 0.414. The summed E-state index contributed by atoms with van der Waals surface area (Å²) in [7, 11) is 3.90. The van der Waals surface area contributed by atoms with Gasteiger partial charge in [-0.1, -0.05) is 43.3 Å². The van der Waals surface area contributed by atoms with Crippen LogP contribution in [0.1, 0.15) is 47.1 Å². The third-order valence-electron chi connectivity index (χ3n) is 6.79. The number of hydrogen-bond donors (Lipinski definition) is 2. The second-order valence-electron chi connectivity index (χ2n) is 9.09. The molecule has 2 N–H and O–H groups in total. The molecule has 0 amide bonds.